The van der Waals surface area contributed by atoms with E-state index in [2.05, 4.69) is 10.3 Å². The molecule has 1 aliphatic rings. The van der Waals surface area contributed by atoms with Crippen molar-refractivity contribution in [2.75, 3.05) is 0 Å². The van der Waals surface area contributed by atoms with Crippen molar-refractivity contribution < 1.29 is 14.7 Å². The molecule has 0 aromatic carbocycles. The molecule has 1 saturated carbocycles. The zero-order valence-corrected chi connectivity index (χ0v) is 11.1. The molecule has 0 radical (unpaired) electrons. The topological polar surface area (TPSA) is 79.3 Å². The van der Waals surface area contributed by atoms with Crippen LogP contribution in [0.2, 0.25) is 5.15 Å². The minimum atomic E-state index is -1.17. The van der Waals surface area contributed by atoms with E-state index in [1.54, 1.807) is 6.07 Å². The van der Waals surface area contributed by atoms with Gasteiger partial charge in [-0.3, -0.25) is 4.79 Å². The van der Waals surface area contributed by atoms with Gasteiger partial charge in [-0.2, -0.15) is 0 Å². The fraction of sp³-hybridized carbons (Fsp3) is 0.462. The second kappa shape index (κ2) is 5.57. The van der Waals surface area contributed by atoms with Gasteiger partial charge in [0.15, 0.2) is 0 Å². The van der Waals surface area contributed by atoms with Crippen LogP contribution in [-0.4, -0.2) is 27.5 Å². The minimum absolute atomic E-state index is 0.0800. The van der Waals surface area contributed by atoms with E-state index in [1.165, 1.54) is 12.3 Å². The molecule has 0 aliphatic heterocycles. The number of pyridine rings is 1. The van der Waals surface area contributed by atoms with Crippen molar-refractivity contribution in [2.24, 2.45) is 0 Å². The molecule has 1 heterocycles. The van der Waals surface area contributed by atoms with Crippen molar-refractivity contribution in [2.45, 2.75) is 37.6 Å². The molecule has 19 heavy (non-hydrogen) atoms. The standard InChI is InChI=1S/C13H15ClN2O3/c14-10-9(5-4-8-15-10)11(17)16-13(12(18)19)6-2-1-3-7-13/h4-5,8H,1-3,6-7H2,(H,16,17)(H,18,19). The number of carboxylic acids is 1. The number of hydrogen-bond donors (Lipinski definition) is 2. The van der Waals surface area contributed by atoms with Crippen LogP contribution in [0.25, 0.3) is 0 Å². The predicted octanol–water partition coefficient (Wildman–Crippen LogP) is 2.25. The molecule has 0 saturated heterocycles. The van der Waals surface area contributed by atoms with Gasteiger partial charge in [0.1, 0.15) is 10.7 Å². The van der Waals surface area contributed by atoms with Crippen molar-refractivity contribution in [1.29, 1.82) is 0 Å². The Labute approximate surface area is 116 Å². The Bertz CT molecular complexity index is 498. The summed E-state index contributed by atoms with van der Waals surface area (Å²) in [4.78, 5) is 27.4. The van der Waals surface area contributed by atoms with Crippen molar-refractivity contribution in [1.82, 2.24) is 10.3 Å². The van der Waals surface area contributed by atoms with Crippen LogP contribution >= 0.6 is 11.6 Å². The molecule has 0 spiro atoms. The summed E-state index contributed by atoms with van der Waals surface area (Å²) in [7, 11) is 0. The van der Waals surface area contributed by atoms with E-state index in [9.17, 15) is 14.7 Å². The Morgan fingerprint density at radius 2 is 2.00 bits per heavy atom. The average Bonchev–Trinajstić information content (AvgIpc) is 2.40. The summed E-state index contributed by atoms with van der Waals surface area (Å²) in [6.45, 7) is 0. The second-order valence-corrected chi connectivity index (χ2v) is 5.10. The number of aliphatic carboxylic acids is 1. The van der Waals surface area contributed by atoms with E-state index < -0.39 is 17.4 Å². The highest BCUT2D eigenvalue weighted by atomic mass is 35.5. The van der Waals surface area contributed by atoms with Gasteiger partial charge in [0.25, 0.3) is 5.91 Å². The SMILES string of the molecule is O=C(NC1(C(=O)O)CCCCC1)c1cccnc1Cl. The lowest BCUT2D eigenvalue weighted by Gasteiger charge is -2.34. The van der Waals surface area contributed by atoms with Crippen LogP contribution in [0.4, 0.5) is 0 Å². The third-order valence-corrected chi connectivity index (χ3v) is 3.77. The normalized spacial score (nSPS) is 17.7. The Kier molecular flexibility index (Phi) is 4.04. The Morgan fingerprint density at radius 3 is 2.58 bits per heavy atom. The third kappa shape index (κ3) is 2.87. The van der Waals surface area contributed by atoms with Crippen LogP contribution in [0, 0.1) is 0 Å². The number of amides is 1. The summed E-state index contributed by atoms with van der Waals surface area (Å²) >= 11 is 5.84. The van der Waals surface area contributed by atoms with Crippen LogP contribution in [-0.2, 0) is 4.79 Å². The van der Waals surface area contributed by atoms with E-state index in [0.29, 0.717) is 12.8 Å². The molecular formula is C13H15ClN2O3. The molecule has 1 aromatic rings. The first-order valence-corrected chi connectivity index (χ1v) is 6.59. The van der Waals surface area contributed by atoms with Crippen molar-refractivity contribution in [3.8, 4) is 0 Å². The van der Waals surface area contributed by atoms with E-state index >= 15 is 0 Å². The van der Waals surface area contributed by atoms with Crippen molar-refractivity contribution >= 4 is 23.5 Å². The molecule has 1 aliphatic carbocycles. The number of carboxylic acid groups (broad SMARTS) is 1. The van der Waals surface area contributed by atoms with E-state index in [-0.39, 0.29) is 10.7 Å². The molecule has 0 atom stereocenters. The first-order chi connectivity index (χ1) is 9.05. The molecular weight excluding hydrogens is 268 g/mol. The molecule has 0 bridgehead atoms. The molecule has 5 nitrogen and oxygen atoms in total. The van der Waals surface area contributed by atoms with Crippen molar-refractivity contribution in [3.05, 3.63) is 29.0 Å². The molecule has 0 unspecified atom stereocenters. The molecule has 2 N–H and O–H groups in total. The van der Waals surface area contributed by atoms with Crippen molar-refractivity contribution in [3.63, 3.8) is 0 Å². The van der Waals surface area contributed by atoms with Gasteiger partial charge in [0.2, 0.25) is 0 Å². The Morgan fingerprint density at radius 1 is 1.32 bits per heavy atom. The highest BCUT2D eigenvalue weighted by Crippen LogP contribution is 2.29. The van der Waals surface area contributed by atoms with Gasteiger partial charge in [0, 0.05) is 6.20 Å². The maximum Gasteiger partial charge on any atom is 0.329 e. The van der Waals surface area contributed by atoms with Gasteiger partial charge >= 0.3 is 5.97 Å². The van der Waals surface area contributed by atoms with Crippen LogP contribution in [0.1, 0.15) is 42.5 Å². The summed E-state index contributed by atoms with van der Waals surface area (Å²) in [5.41, 5.74) is -0.968. The second-order valence-electron chi connectivity index (χ2n) is 4.74. The summed E-state index contributed by atoms with van der Waals surface area (Å²) in [5.74, 6) is -1.47. The van der Waals surface area contributed by atoms with E-state index in [4.69, 9.17) is 11.6 Å². The molecule has 1 fully saturated rings. The highest BCUT2D eigenvalue weighted by Gasteiger charge is 2.41. The van der Waals surface area contributed by atoms with Gasteiger partial charge in [-0.1, -0.05) is 30.9 Å². The summed E-state index contributed by atoms with van der Waals surface area (Å²) < 4.78 is 0. The lowest BCUT2D eigenvalue weighted by atomic mass is 9.81. The quantitative estimate of drug-likeness (QED) is 0.834. The number of aromatic nitrogens is 1. The fourth-order valence-corrected chi connectivity index (χ4v) is 2.59. The number of nitrogens with one attached hydrogen (secondary N) is 1. The largest absolute Gasteiger partial charge is 0.480 e. The first-order valence-electron chi connectivity index (χ1n) is 6.22. The van der Waals surface area contributed by atoms with Crippen LogP contribution in [0.3, 0.4) is 0 Å². The van der Waals surface area contributed by atoms with Crippen LogP contribution < -0.4 is 5.32 Å². The number of carbonyl (C=O) groups is 2. The van der Waals surface area contributed by atoms with E-state index in [1.807, 2.05) is 0 Å². The molecule has 102 valence electrons. The summed E-state index contributed by atoms with van der Waals surface area (Å²) in [6.07, 6.45) is 4.98. The van der Waals surface area contributed by atoms with Crippen LogP contribution in [0.15, 0.2) is 18.3 Å². The zero-order valence-electron chi connectivity index (χ0n) is 10.4. The maximum absolute atomic E-state index is 12.1. The smallest absolute Gasteiger partial charge is 0.329 e. The Balaban J connectivity index is 2.20. The number of carbonyl (C=O) groups excluding carboxylic acids is 1. The summed E-state index contributed by atoms with van der Waals surface area (Å²) in [6, 6.07) is 3.12. The lowest BCUT2D eigenvalue weighted by molar-refractivity contribution is -0.145. The van der Waals surface area contributed by atoms with Gasteiger partial charge in [0.05, 0.1) is 5.56 Å². The Hall–Kier alpha value is -1.62. The van der Waals surface area contributed by atoms with Crippen LogP contribution in [0.5, 0.6) is 0 Å². The molecule has 2 rings (SSSR count). The first kappa shape index (κ1) is 13.8. The number of nitrogens with zero attached hydrogens (tertiary/aromatic N) is 1. The molecule has 6 heteroatoms. The molecule has 1 amide bonds. The van der Waals surface area contributed by atoms with Gasteiger partial charge < -0.3 is 10.4 Å². The maximum atomic E-state index is 12.1. The van der Waals surface area contributed by atoms with E-state index in [0.717, 1.165) is 19.3 Å². The van der Waals surface area contributed by atoms with Gasteiger partial charge in [-0.25, -0.2) is 9.78 Å². The molecule has 1 aromatic heterocycles. The number of rotatable bonds is 3. The summed E-state index contributed by atoms with van der Waals surface area (Å²) in [5, 5.41) is 12.1. The average molecular weight is 283 g/mol. The fourth-order valence-electron chi connectivity index (χ4n) is 2.39. The zero-order chi connectivity index (χ0) is 13.9. The van der Waals surface area contributed by atoms with Gasteiger partial charge in [-0.05, 0) is 25.0 Å². The lowest BCUT2D eigenvalue weighted by Crippen LogP contribution is -2.55. The minimum Gasteiger partial charge on any atom is -0.480 e. The highest BCUT2D eigenvalue weighted by molar-refractivity contribution is 6.32. The monoisotopic (exact) mass is 282 g/mol. The predicted molar refractivity (Wildman–Crippen MR) is 70.2 cm³/mol. The number of hydrogen-bond acceptors (Lipinski definition) is 3. The van der Waals surface area contributed by atoms with Gasteiger partial charge in [-0.15, -0.1) is 0 Å². The number of halogens is 1. The third-order valence-electron chi connectivity index (χ3n) is 3.47.